The van der Waals surface area contributed by atoms with Crippen molar-refractivity contribution in [2.24, 2.45) is 0 Å². The van der Waals surface area contributed by atoms with Gasteiger partial charge >= 0.3 is 18.0 Å². The van der Waals surface area contributed by atoms with Crippen LogP contribution in [-0.4, -0.2) is 90.3 Å². The molecule has 0 bridgehead atoms. The van der Waals surface area contributed by atoms with Crippen molar-refractivity contribution >= 4 is 18.0 Å². The fourth-order valence-corrected chi connectivity index (χ4v) is 2.12. The minimum absolute atomic E-state index is 0.136. The number of nitrogens with one attached hydrogen (secondary N) is 2. The monoisotopic (exact) mass is 302 g/mol. The van der Waals surface area contributed by atoms with Gasteiger partial charge in [-0.25, -0.2) is 9.59 Å². The van der Waals surface area contributed by atoms with Gasteiger partial charge in [0.15, 0.2) is 0 Å². The van der Waals surface area contributed by atoms with Crippen LogP contribution in [0.25, 0.3) is 0 Å². The summed E-state index contributed by atoms with van der Waals surface area (Å²) in [4.78, 5) is 37.3. The fraction of sp³-hybridized carbons (Fsp3) is 0.750. The molecule has 1 aliphatic heterocycles. The molecule has 2 unspecified atom stereocenters. The van der Waals surface area contributed by atoms with Crippen LogP contribution in [0.15, 0.2) is 0 Å². The number of carbonyl (C=O) groups excluding carboxylic acids is 1. The average molecular weight is 302 g/mol. The highest BCUT2D eigenvalue weighted by Crippen LogP contribution is 2.04. The van der Waals surface area contributed by atoms with Gasteiger partial charge in [0.05, 0.1) is 6.42 Å². The maximum atomic E-state index is 11.7. The van der Waals surface area contributed by atoms with E-state index in [0.717, 1.165) is 19.6 Å². The molecule has 21 heavy (non-hydrogen) atoms. The molecule has 4 N–H and O–H groups in total. The standard InChI is InChI=1S/C12H22N4O5/c1-15-3-4-16(2)8(7-15)6-13-12(21)14-9(11(19)20)5-10(17)18/h8-9H,3-7H2,1-2H3,(H,17,18)(H,19,20)(H2,13,14,21). The summed E-state index contributed by atoms with van der Waals surface area (Å²) in [5, 5.41) is 22.2. The molecule has 2 atom stereocenters. The molecule has 2 amide bonds. The number of urea groups is 1. The second kappa shape index (κ2) is 7.79. The van der Waals surface area contributed by atoms with Crippen molar-refractivity contribution in [3.63, 3.8) is 0 Å². The average Bonchev–Trinajstić information content (AvgIpc) is 2.38. The lowest BCUT2D eigenvalue weighted by Crippen LogP contribution is -2.56. The molecule has 0 aromatic carbocycles. The molecule has 9 nitrogen and oxygen atoms in total. The molecule has 1 aliphatic rings. The third-order valence-electron chi connectivity index (χ3n) is 3.46. The number of carboxylic acid groups (broad SMARTS) is 2. The Labute approximate surface area is 122 Å². The summed E-state index contributed by atoms with van der Waals surface area (Å²) in [7, 11) is 3.95. The lowest BCUT2D eigenvalue weighted by molar-refractivity contribution is -0.145. The Morgan fingerprint density at radius 2 is 1.90 bits per heavy atom. The van der Waals surface area contributed by atoms with Crippen LogP contribution in [0.3, 0.4) is 0 Å². The summed E-state index contributed by atoms with van der Waals surface area (Å²) in [5.41, 5.74) is 0. The topological polar surface area (TPSA) is 122 Å². The minimum Gasteiger partial charge on any atom is -0.481 e. The maximum Gasteiger partial charge on any atom is 0.326 e. The van der Waals surface area contributed by atoms with E-state index in [4.69, 9.17) is 10.2 Å². The molecular formula is C12H22N4O5. The zero-order valence-electron chi connectivity index (χ0n) is 12.2. The van der Waals surface area contributed by atoms with Crippen LogP contribution in [0.1, 0.15) is 6.42 Å². The van der Waals surface area contributed by atoms with Crippen molar-refractivity contribution in [2.75, 3.05) is 40.3 Å². The molecule has 0 saturated carbocycles. The van der Waals surface area contributed by atoms with Crippen LogP contribution < -0.4 is 10.6 Å². The Morgan fingerprint density at radius 1 is 1.24 bits per heavy atom. The van der Waals surface area contributed by atoms with Crippen molar-refractivity contribution in [1.82, 2.24) is 20.4 Å². The first-order valence-electron chi connectivity index (χ1n) is 6.67. The lowest BCUT2D eigenvalue weighted by Gasteiger charge is -2.37. The summed E-state index contributed by atoms with van der Waals surface area (Å²) in [6.07, 6.45) is -0.658. The van der Waals surface area contributed by atoms with Gasteiger partial charge in [0, 0.05) is 32.2 Å². The Balaban J connectivity index is 2.41. The molecule has 120 valence electrons. The number of carboxylic acids is 2. The third-order valence-corrected chi connectivity index (χ3v) is 3.46. The van der Waals surface area contributed by atoms with Gasteiger partial charge in [-0.15, -0.1) is 0 Å². The molecular weight excluding hydrogens is 280 g/mol. The zero-order valence-corrected chi connectivity index (χ0v) is 12.2. The SMILES string of the molecule is CN1CCN(C)C(CNC(=O)NC(CC(=O)O)C(=O)O)C1. The Hall–Kier alpha value is -1.87. The minimum atomic E-state index is -1.44. The van der Waals surface area contributed by atoms with Crippen molar-refractivity contribution in [3.8, 4) is 0 Å². The Kier molecular flexibility index (Phi) is 6.38. The number of hydrogen-bond donors (Lipinski definition) is 4. The van der Waals surface area contributed by atoms with E-state index >= 15 is 0 Å². The highest BCUT2D eigenvalue weighted by atomic mass is 16.4. The van der Waals surface area contributed by atoms with Crippen molar-refractivity contribution in [3.05, 3.63) is 0 Å². The number of aliphatic carboxylic acids is 2. The first-order valence-corrected chi connectivity index (χ1v) is 6.67. The highest BCUT2D eigenvalue weighted by Gasteiger charge is 2.25. The zero-order chi connectivity index (χ0) is 16.0. The van der Waals surface area contributed by atoms with Gasteiger partial charge in [0.25, 0.3) is 0 Å². The number of rotatable bonds is 6. The summed E-state index contributed by atoms with van der Waals surface area (Å²) >= 11 is 0. The smallest absolute Gasteiger partial charge is 0.326 e. The molecule has 1 heterocycles. The van der Waals surface area contributed by atoms with Crippen LogP contribution in [0.2, 0.25) is 0 Å². The van der Waals surface area contributed by atoms with Crippen LogP contribution in [0, 0.1) is 0 Å². The predicted molar refractivity (Wildman–Crippen MR) is 74.1 cm³/mol. The number of carbonyl (C=O) groups is 3. The van der Waals surface area contributed by atoms with Gasteiger partial charge in [-0.2, -0.15) is 0 Å². The number of piperazine rings is 1. The Morgan fingerprint density at radius 3 is 2.48 bits per heavy atom. The molecule has 0 aliphatic carbocycles. The van der Waals surface area contributed by atoms with E-state index in [1.54, 1.807) is 0 Å². The van der Waals surface area contributed by atoms with Gasteiger partial charge < -0.3 is 25.7 Å². The number of nitrogens with zero attached hydrogens (tertiary/aromatic N) is 2. The molecule has 0 spiro atoms. The fourth-order valence-electron chi connectivity index (χ4n) is 2.12. The van der Waals surface area contributed by atoms with Crippen molar-refractivity contribution < 1.29 is 24.6 Å². The Bertz CT molecular complexity index is 403. The van der Waals surface area contributed by atoms with Gasteiger partial charge in [-0.1, -0.05) is 0 Å². The maximum absolute atomic E-state index is 11.7. The predicted octanol–water partition coefficient (Wildman–Crippen LogP) is -1.54. The summed E-state index contributed by atoms with van der Waals surface area (Å²) in [6, 6.07) is -1.98. The van der Waals surface area contributed by atoms with Gasteiger partial charge in [-0.3, -0.25) is 9.69 Å². The quantitative estimate of drug-likeness (QED) is 0.469. The normalized spacial score (nSPS) is 21.5. The van der Waals surface area contributed by atoms with Gasteiger partial charge in [0.1, 0.15) is 6.04 Å². The third kappa shape index (κ3) is 5.96. The van der Waals surface area contributed by atoms with Crippen molar-refractivity contribution in [2.45, 2.75) is 18.5 Å². The van der Waals surface area contributed by atoms with Gasteiger partial charge in [-0.05, 0) is 14.1 Å². The van der Waals surface area contributed by atoms with E-state index in [1.165, 1.54) is 0 Å². The first kappa shape index (κ1) is 17.2. The first-order chi connectivity index (χ1) is 9.79. The van der Waals surface area contributed by atoms with E-state index in [2.05, 4.69) is 20.4 Å². The number of hydrogen-bond acceptors (Lipinski definition) is 5. The molecule has 1 fully saturated rings. The lowest BCUT2D eigenvalue weighted by atomic mass is 10.2. The molecule has 9 heteroatoms. The van der Waals surface area contributed by atoms with Crippen LogP contribution in [0.5, 0.6) is 0 Å². The van der Waals surface area contributed by atoms with Crippen LogP contribution in [0.4, 0.5) is 4.79 Å². The second-order valence-corrected chi connectivity index (χ2v) is 5.24. The summed E-state index contributed by atoms with van der Waals surface area (Å²) in [6.45, 7) is 3.01. The molecule has 0 radical (unpaired) electrons. The molecule has 0 aromatic heterocycles. The van der Waals surface area contributed by atoms with Crippen LogP contribution in [-0.2, 0) is 9.59 Å². The van der Waals surface area contributed by atoms with Gasteiger partial charge in [0.2, 0.25) is 0 Å². The largest absolute Gasteiger partial charge is 0.481 e. The van der Waals surface area contributed by atoms with E-state index in [-0.39, 0.29) is 6.04 Å². The second-order valence-electron chi connectivity index (χ2n) is 5.24. The summed E-state index contributed by atoms with van der Waals surface area (Å²) < 4.78 is 0. The van der Waals surface area contributed by atoms with E-state index in [1.807, 2.05) is 14.1 Å². The highest BCUT2D eigenvalue weighted by molar-refractivity contribution is 5.86. The number of likely N-dealkylation sites (N-methyl/N-ethyl adjacent to an activating group) is 2. The van der Waals surface area contributed by atoms with Crippen LogP contribution >= 0.6 is 0 Å². The van der Waals surface area contributed by atoms with Crippen molar-refractivity contribution in [1.29, 1.82) is 0 Å². The van der Waals surface area contributed by atoms with E-state index < -0.39 is 30.4 Å². The molecule has 1 rings (SSSR count). The van der Waals surface area contributed by atoms with E-state index in [0.29, 0.717) is 6.54 Å². The summed E-state index contributed by atoms with van der Waals surface area (Å²) in [5.74, 6) is -2.65. The van der Waals surface area contributed by atoms with E-state index in [9.17, 15) is 14.4 Å². The molecule has 1 saturated heterocycles. The number of amides is 2. The molecule has 0 aromatic rings.